The number of hydrogen-bond acceptors (Lipinski definition) is 3. The molecule has 0 radical (unpaired) electrons. The van der Waals surface area contributed by atoms with Crippen molar-refractivity contribution in [3.05, 3.63) is 60.2 Å². The maximum absolute atomic E-state index is 13.2. The molecule has 0 unspecified atom stereocenters. The summed E-state index contributed by atoms with van der Waals surface area (Å²) in [5, 5.41) is 10.6. The fraction of sp³-hybridized carbons (Fsp3) is 0.400. The summed E-state index contributed by atoms with van der Waals surface area (Å²) in [7, 11) is -3.75. The molecule has 0 aliphatic carbocycles. The molecule has 2 N–H and O–H groups in total. The molecular formula is C20H29N2O3S+. The Bertz CT molecular complexity index is 790. The Kier molecular flexibility index (Phi) is 7.20. The van der Waals surface area contributed by atoms with E-state index in [1.165, 1.54) is 9.21 Å². The van der Waals surface area contributed by atoms with E-state index in [-0.39, 0.29) is 11.4 Å². The monoisotopic (exact) mass is 377 g/mol. The maximum Gasteiger partial charge on any atom is 0.264 e. The van der Waals surface area contributed by atoms with E-state index >= 15 is 0 Å². The van der Waals surface area contributed by atoms with Crippen molar-refractivity contribution >= 4 is 15.7 Å². The second kappa shape index (κ2) is 9.16. The van der Waals surface area contributed by atoms with Crippen molar-refractivity contribution in [3.63, 3.8) is 0 Å². The smallest absolute Gasteiger partial charge is 0.264 e. The van der Waals surface area contributed by atoms with Crippen molar-refractivity contribution in [2.24, 2.45) is 0 Å². The van der Waals surface area contributed by atoms with Crippen LogP contribution in [0.2, 0.25) is 0 Å². The SMILES string of the molecule is CC[NH+](CC)C[C@@H](O)CN(c1cccc(C)c1)S(=O)(=O)c1ccccc1. The van der Waals surface area contributed by atoms with Crippen molar-refractivity contribution in [2.45, 2.75) is 31.8 Å². The summed E-state index contributed by atoms with van der Waals surface area (Å²) in [4.78, 5) is 1.46. The van der Waals surface area contributed by atoms with Gasteiger partial charge >= 0.3 is 0 Å². The van der Waals surface area contributed by atoms with Gasteiger partial charge in [0.05, 0.1) is 30.2 Å². The molecule has 0 aliphatic heterocycles. The lowest BCUT2D eigenvalue weighted by Crippen LogP contribution is -3.12. The minimum Gasteiger partial charge on any atom is -0.385 e. The van der Waals surface area contributed by atoms with Crippen LogP contribution >= 0.6 is 0 Å². The maximum atomic E-state index is 13.2. The zero-order valence-electron chi connectivity index (χ0n) is 15.7. The summed E-state index contributed by atoms with van der Waals surface area (Å²) < 4.78 is 27.7. The predicted molar refractivity (Wildman–Crippen MR) is 105 cm³/mol. The van der Waals surface area contributed by atoms with Gasteiger partial charge in [0.25, 0.3) is 10.0 Å². The van der Waals surface area contributed by atoms with Crippen LogP contribution in [-0.2, 0) is 10.0 Å². The lowest BCUT2D eigenvalue weighted by Gasteiger charge is -2.28. The minimum absolute atomic E-state index is 0.0319. The van der Waals surface area contributed by atoms with Gasteiger partial charge in [-0.05, 0) is 50.6 Å². The Balaban J connectivity index is 2.37. The van der Waals surface area contributed by atoms with Crippen LogP contribution in [-0.4, -0.2) is 45.8 Å². The molecule has 2 aromatic carbocycles. The molecule has 0 saturated carbocycles. The van der Waals surface area contributed by atoms with E-state index in [0.29, 0.717) is 12.2 Å². The molecule has 142 valence electrons. The number of hydrogen-bond donors (Lipinski definition) is 2. The summed E-state index contributed by atoms with van der Waals surface area (Å²) in [6.07, 6.45) is -0.746. The Labute approximate surface area is 156 Å². The van der Waals surface area contributed by atoms with Gasteiger partial charge in [-0.25, -0.2) is 8.42 Å². The number of rotatable bonds is 9. The molecular weight excluding hydrogens is 348 g/mol. The lowest BCUT2D eigenvalue weighted by atomic mass is 10.2. The molecule has 5 nitrogen and oxygen atoms in total. The average Bonchev–Trinajstić information content (AvgIpc) is 2.64. The van der Waals surface area contributed by atoms with Gasteiger partial charge in [0, 0.05) is 0 Å². The summed E-state index contributed by atoms with van der Waals surface area (Å²) in [6, 6.07) is 15.7. The van der Waals surface area contributed by atoms with Crippen LogP contribution in [0.25, 0.3) is 0 Å². The summed E-state index contributed by atoms with van der Waals surface area (Å²) >= 11 is 0. The van der Waals surface area contributed by atoms with E-state index in [0.717, 1.165) is 18.7 Å². The van der Waals surface area contributed by atoms with Gasteiger partial charge in [0.2, 0.25) is 0 Å². The zero-order valence-corrected chi connectivity index (χ0v) is 16.5. The van der Waals surface area contributed by atoms with Crippen molar-refractivity contribution in [1.29, 1.82) is 0 Å². The van der Waals surface area contributed by atoms with E-state index in [1.807, 2.05) is 25.1 Å². The highest BCUT2D eigenvalue weighted by molar-refractivity contribution is 7.92. The Morgan fingerprint density at radius 1 is 1.04 bits per heavy atom. The van der Waals surface area contributed by atoms with Crippen LogP contribution in [0, 0.1) is 6.92 Å². The highest BCUT2D eigenvalue weighted by Crippen LogP contribution is 2.24. The number of aliphatic hydroxyl groups excluding tert-OH is 1. The molecule has 1 atom stereocenters. The molecule has 0 heterocycles. The molecule has 2 aromatic rings. The van der Waals surface area contributed by atoms with E-state index < -0.39 is 16.1 Å². The number of nitrogens with one attached hydrogen (secondary N) is 1. The minimum atomic E-state index is -3.75. The normalized spacial score (nSPS) is 13.0. The predicted octanol–water partition coefficient (Wildman–Crippen LogP) is 1.48. The van der Waals surface area contributed by atoms with Gasteiger partial charge < -0.3 is 10.0 Å². The van der Waals surface area contributed by atoms with Gasteiger partial charge in [-0.15, -0.1) is 0 Å². The molecule has 2 rings (SSSR count). The number of aliphatic hydroxyl groups is 1. The van der Waals surface area contributed by atoms with Crippen LogP contribution in [0.1, 0.15) is 19.4 Å². The first-order chi connectivity index (χ1) is 12.4. The van der Waals surface area contributed by atoms with E-state index in [9.17, 15) is 13.5 Å². The van der Waals surface area contributed by atoms with E-state index in [4.69, 9.17) is 0 Å². The number of sulfonamides is 1. The van der Waals surface area contributed by atoms with E-state index in [2.05, 4.69) is 13.8 Å². The summed E-state index contributed by atoms with van der Waals surface area (Å²) in [5.74, 6) is 0. The summed E-state index contributed by atoms with van der Waals surface area (Å²) in [6.45, 7) is 8.37. The van der Waals surface area contributed by atoms with Crippen LogP contribution in [0.3, 0.4) is 0 Å². The van der Waals surface area contributed by atoms with Crippen LogP contribution < -0.4 is 9.21 Å². The molecule has 0 bridgehead atoms. The number of benzene rings is 2. The van der Waals surface area contributed by atoms with Crippen LogP contribution in [0.15, 0.2) is 59.5 Å². The Morgan fingerprint density at radius 3 is 2.27 bits per heavy atom. The molecule has 0 saturated heterocycles. The molecule has 0 amide bonds. The van der Waals surface area contributed by atoms with Gasteiger partial charge in [-0.2, -0.15) is 0 Å². The van der Waals surface area contributed by atoms with Gasteiger partial charge in [0.1, 0.15) is 12.6 Å². The molecule has 6 heteroatoms. The third-order valence-corrected chi connectivity index (χ3v) is 6.33. The average molecular weight is 378 g/mol. The van der Waals surface area contributed by atoms with Crippen LogP contribution in [0.5, 0.6) is 0 Å². The van der Waals surface area contributed by atoms with E-state index in [1.54, 1.807) is 36.4 Å². The lowest BCUT2D eigenvalue weighted by molar-refractivity contribution is -0.899. The highest BCUT2D eigenvalue weighted by atomic mass is 32.2. The third kappa shape index (κ3) is 5.06. The van der Waals surface area contributed by atoms with Crippen LogP contribution in [0.4, 0.5) is 5.69 Å². The third-order valence-electron chi connectivity index (χ3n) is 4.52. The fourth-order valence-corrected chi connectivity index (χ4v) is 4.49. The number of nitrogens with zero attached hydrogens (tertiary/aromatic N) is 1. The molecule has 26 heavy (non-hydrogen) atoms. The van der Waals surface area contributed by atoms with Crippen molar-refractivity contribution in [1.82, 2.24) is 0 Å². The first kappa shape index (κ1) is 20.4. The van der Waals surface area contributed by atoms with Gasteiger partial charge in [-0.1, -0.05) is 30.3 Å². The first-order valence-corrected chi connectivity index (χ1v) is 10.5. The van der Waals surface area contributed by atoms with Crippen molar-refractivity contribution < 1.29 is 18.4 Å². The largest absolute Gasteiger partial charge is 0.385 e. The standard InChI is InChI=1S/C20H28N2O3S/c1-4-21(5-2)15-19(23)16-22(18-11-9-10-17(3)14-18)26(24,25)20-12-7-6-8-13-20/h6-14,19,23H,4-5,15-16H2,1-3H3/p+1/t19-/m1/s1. The second-order valence-corrected chi connectivity index (χ2v) is 8.37. The number of anilines is 1. The highest BCUT2D eigenvalue weighted by Gasteiger charge is 2.28. The Morgan fingerprint density at radius 2 is 1.69 bits per heavy atom. The summed E-state index contributed by atoms with van der Waals surface area (Å²) in [5.41, 5.74) is 1.54. The molecule has 0 spiro atoms. The quantitative estimate of drug-likeness (QED) is 0.696. The molecule has 0 aromatic heterocycles. The zero-order chi connectivity index (χ0) is 19.2. The van der Waals surface area contributed by atoms with Gasteiger partial charge in [-0.3, -0.25) is 4.31 Å². The molecule has 0 aliphatic rings. The van der Waals surface area contributed by atoms with Crippen molar-refractivity contribution in [3.8, 4) is 0 Å². The Hall–Kier alpha value is -1.89. The van der Waals surface area contributed by atoms with Gasteiger partial charge in [0.15, 0.2) is 0 Å². The second-order valence-electron chi connectivity index (χ2n) is 6.50. The first-order valence-electron chi connectivity index (χ1n) is 9.04. The topological polar surface area (TPSA) is 62.1 Å². The number of quaternary nitrogens is 1. The fourth-order valence-electron chi connectivity index (χ4n) is 2.97. The van der Waals surface area contributed by atoms with Crippen molar-refractivity contribution in [2.75, 3.05) is 30.5 Å². The molecule has 0 fully saturated rings. The number of likely N-dealkylation sites (N-methyl/N-ethyl adjacent to an activating group) is 1. The number of aryl methyl sites for hydroxylation is 1.